The maximum absolute atomic E-state index is 12.8. The van der Waals surface area contributed by atoms with E-state index in [0.717, 1.165) is 5.56 Å². The van der Waals surface area contributed by atoms with Crippen LogP contribution in [0, 0.1) is 0 Å². The van der Waals surface area contributed by atoms with E-state index >= 15 is 0 Å². The summed E-state index contributed by atoms with van der Waals surface area (Å²) < 4.78 is 18.4. The number of rotatable bonds is 4. The molecule has 30 heavy (non-hydrogen) atoms. The molecular weight excluding hydrogens is 386 g/mol. The molecule has 5 heterocycles. The summed E-state index contributed by atoms with van der Waals surface area (Å²) in [7, 11) is 0. The van der Waals surface area contributed by atoms with Gasteiger partial charge in [0.15, 0.2) is 11.5 Å². The van der Waals surface area contributed by atoms with Crippen molar-refractivity contribution >= 4 is 11.6 Å². The van der Waals surface area contributed by atoms with E-state index < -0.39 is 11.9 Å². The Morgan fingerprint density at radius 2 is 2.10 bits per heavy atom. The van der Waals surface area contributed by atoms with Crippen LogP contribution in [0.1, 0.15) is 31.1 Å². The quantitative estimate of drug-likeness (QED) is 0.479. The van der Waals surface area contributed by atoms with Crippen molar-refractivity contribution in [3.8, 4) is 17.3 Å². The third-order valence-electron chi connectivity index (χ3n) is 4.85. The van der Waals surface area contributed by atoms with Crippen molar-refractivity contribution < 1.29 is 18.7 Å². The molecule has 0 bridgehead atoms. The zero-order valence-electron chi connectivity index (χ0n) is 16.3. The molecule has 1 atom stereocenters. The number of allylic oxidation sites excluding steroid dienone is 1. The number of hydrogen-bond acceptors (Lipinski definition) is 8. The van der Waals surface area contributed by atoms with Gasteiger partial charge < -0.3 is 13.9 Å². The van der Waals surface area contributed by atoms with Crippen molar-refractivity contribution in [2.24, 2.45) is 0 Å². The normalized spacial score (nSPS) is 15.7. The van der Waals surface area contributed by atoms with Crippen molar-refractivity contribution in [1.29, 1.82) is 0 Å². The third-order valence-corrected chi connectivity index (χ3v) is 4.85. The van der Waals surface area contributed by atoms with Crippen LogP contribution in [0.15, 0.2) is 65.0 Å². The van der Waals surface area contributed by atoms with Crippen molar-refractivity contribution in [3.63, 3.8) is 0 Å². The highest BCUT2D eigenvalue weighted by Crippen LogP contribution is 2.44. The van der Waals surface area contributed by atoms with Crippen molar-refractivity contribution in [2.75, 3.05) is 6.61 Å². The van der Waals surface area contributed by atoms with Crippen LogP contribution in [-0.4, -0.2) is 37.1 Å². The summed E-state index contributed by atoms with van der Waals surface area (Å²) in [4.78, 5) is 26.0. The van der Waals surface area contributed by atoms with E-state index in [4.69, 9.17) is 18.9 Å². The molecule has 9 heteroatoms. The number of nitrogens with zero attached hydrogens (tertiary/aromatic N) is 5. The Hall–Kier alpha value is -4.01. The fourth-order valence-corrected chi connectivity index (χ4v) is 3.57. The minimum Gasteiger partial charge on any atom is -0.468 e. The van der Waals surface area contributed by atoms with E-state index in [1.807, 2.05) is 12.1 Å². The zero-order valence-corrected chi connectivity index (χ0v) is 16.3. The van der Waals surface area contributed by atoms with E-state index in [9.17, 15) is 4.79 Å². The number of esters is 1. The summed E-state index contributed by atoms with van der Waals surface area (Å²) in [6.07, 6.45) is 6.44. The van der Waals surface area contributed by atoms with Gasteiger partial charge in [0, 0.05) is 18.0 Å². The number of ether oxygens (including phenoxy) is 2. The summed E-state index contributed by atoms with van der Waals surface area (Å²) in [5, 5.41) is 4.53. The lowest BCUT2D eigenvalue weighted by atomic mass is 9.87. The Kier molecular flexibility index (Phi) is 4.27. The van der Waals surface area contributed by atoms with Crippen LogP contribution in [0.2, 0.25) is 0 Å². The molecule has 150 valence electrons. The molecule has 0 fully saturated rings. The number of carbonyl (C=O) groups excluding carboxylic acids is 1. The molecule has 1 unspecified atom stereocenters. The standard InChI is InChI=1S/C21H17N5O4/c1-3-28-21(27)15-12(2)30-20-17(16(15)14-5-4-10-29-14)19-24-18(25-26(19)11-23-20)13-6-8-22-9-7-13/h4-11,16H,3H2,1-2H3. The molecule has 1 aliphatic heterocycles. The second-order valence-corrected chi connectivity index (χ2v) is 6.64. The zero-order chi connectivity index (χ0) is 20.7. The van der Waals surface area contributed by atoms with Crippen LogP contribution in [0.4, 0.5) is 0 Å². The predicted molar refractivity (Wildman–Crippen MR) is 105 cm³/mol. The minimum atomic E-state index is -0.589. The smallest absolute Gasteiger partial charge is 0.338 e. The average molecular weight is 403 g/mol. The number of furan rings is 1. The molecule has 0 spiro atoms. The minimum absolute atomic E-state index is 0.243. The summed E-state index contributed by atoms with van der Waals surface area (Å²) in [5.74, 6) is 0.766. The van der Waals surface area contributed by atoms with E-state index in [1.54, 1.807) is 49.2 Å². The van der Waals surface area contributed by atoms with Crippen molar-refractivity contribution in [1.82, 2.24) is 24.6 Å². The molecule has 0 aromatic carbocycles. The lowest BCUT2D eigenvalue weighted by molar-refractivity contribution is -0.139. The third kappa shape index (κ3) is 2.83. The summed E-state index contributed by atoms with van der Waals surface area (Å²) >= 11 is 0. The molecular formula is C21H17N5O4. The highest BCUT2D eigenvalue weighted by atomic mass is 16.5. The van der Waals surface area contributed by atoms with Crippen molar-refractivity contribution in [3.05, 3.63) is 71.9 Å². The number of aromatic nitrogens is 5. The maximum atomic E-state index is 12.8. The van der Waals surface area contributed by atoms with E-state index in [1.165, 1.54) is 6.33 Å². The SMILES string of the molecule is CCOC(=O)C1=C(C)Oc2ncn3nc(-c4ccncc4)nc3c2C1c1ccco1. The fraction of sp³-hybridized carbons (Fsp3) is 0.190. The Morgan fingerprint density at radius 1 is 1.27 bits per heavy atom. The molecule has 4 aromatic rings. The molecule has 0 saturated heterocycles. The first-order valence-electron chi connectivity index (χ1n) is 9.42. The topological polar surface area (TPSA) is 105 Å². The number of carbonyl (C=O) groups is 1. The van der Waals surface area contributed by atoms with Crippen LogP contribution >= 0.6 is 0 Å². The van der Waals surface area contributed by atoms with Gasteiger partial charge in [-0.15, -0.1) is 5.10 Å². The monoisotopic (exact) mass is 403 g/mol. The lowest BCUT2D eigenvalue weighted by Crippen LogP contribution is -2.24. The molecule has 0 amide bonds. The summed E-state index contributed by atoms with van der Waals surface area (Å²) in [6, 6.07) is 7.21. The van der Waals surface area contributed by atoms with Gasteiger partial charge in [0.2, 0.25) is 5.88 Å². The molecule has 0 radical (unpaired) electrons. The highest BCUT2D eigenvalue weighted by Gasteiger charge is 2.39. The van der Waals surface area contributed by atoms with Gasteiger partial charge in [0.05, 0.1) is 29.9 Å². The van der Waals surface area contributed by atoms with Gasteiger partial charge in [-0.05, 0) is 38.1 Å². The predicted octanol–water partition coefficient (Wildman–Crippen LogP) is 3.14. The number of pyridine rings is 1. The molecule has 4 aromatic heterocycles. The average Bonchev–Trinajstić information content (AvgIpc) is 3.43. The van der Waals surface area contributed by atoms with Crippen LogP contribution in [0.3, 0.4) is 0 Å². The van der Waals surface area contributed by atoms with E-state index in [-0.39, 0.29) is 6.61 Å². The van der Waals surface area contributed by atoms with Gasteiger partial charge >= 0.3 is 5.97 Å². The first-order chi connectivity index (χ1) is 14.7. The summed E-state index contributed by atoms with van der Waals surface area (Å²) in [6.45, 7) is 3.71. The first-order valence-corrected chi connectivity index (χ1v) is 9.42. The fourth-order valence-electron chi connectivity index (χ4n) is 3.57. The van der Waals surface area contributed by atoms with Gasteiger partial charge in [0.25, 0.3) is 0 Å². The van der Waals surface area contributed by atoms with E-state index in [2.05, 4.69) is 15.1 Å². The van der Waals surface area contributed by atoms with Gasteiger partial charge in [-0.25, -0.2) is 19.3 Å². The Balaban J connectivity index is 1.75. The second kappa shape index (κ2) is 7.11. The number of fused-ring (bicyclic) bond motifs is 3. The molecule has 1 aliphatic rings. The van der Waals surface area contributed by atoms with E-state index in [0.29, 0.717) is 40.0 Å². The molecule has 5 rings (SSSR count). The van der Waals surface area contributed by atoms with Gasteiger partial charge in [0.1, 0.15) is 17.8 Å². The first kappa shape index (κ1) is 18.0. The van der Waals surface area contributed by atoms with Crippen LogP contribution in [0.25, 0.3) is 17.0 Å². The largest absolute Gasteiger partial charge is 0.468 e. The van der Waals surface area contributed by atoms with Gasteiger partial charge in [-0.2, -0.15) is 0 Å². The number of hydrogen-bond donors (Lipinski definition) is 0. The van der Waals surface area contributed by atoms with Gasteiger partial charge in [-0.3, -0.25) is 4.98 Å². The second-order valence-electron chi connectivity index (χ2n) is 6.64. The van der Waals surface area contributed by atoms with Crippen molar-refractivity contribution in [2.45, 2.75) is 19.8 Å². The Labute approximate surface area is 171 Å². The molecule has 0 N–H and O–H groups in total. The molecule has 9 nitrogen and oxygen atoms in total. The Bertz CT molecular complexity index is 1260. The molecule has 0 saturated carbocycles. The highest BCUT2D eigenvalue weighted by molar-refractivity contribution is 5.93. The van der Waals surface area contributed by atoms with Crippen LogP contribution in [0.5, 0.6) is 5.88 Å². The molecule has 0 aliphatic carbocycles. The van der Waals surface area contributed by atoms with Crippen LogP contribution in [-0.2, 0) is 9.53 Å². The van der Waals surface area contributed by atoms with Crippen LogP contribution < -0.4 is 4.74 Å². The lowest BCUT2D eigenvalue weighted by Gasteiger charge is -2.26. The Morgan fingerprint density at radius 3 is 2.83 bits per heavy atom. The summed E-state index contributed by atoms with van der Waals surface area (Å²) in [5.41, 5.74) is 2.27. The van der Waals surface area contributed by atoms with Gasteiger partial charge in [-0.1, -0.05) is 0 Å². The maximum Gasteiger partial charge on any atom is 0.338 e.